The first kappa shape index (κ1) is 25.8. The molecule has 0 amide bonds. The average Bonchev–Trinajstić information content (AvgIpc) is 2.98. The van der Waals surface area contributed by atoms with Gasteiger partial charge in [-0.3, -0.25) is 14.9 Å². The summed E-state index contributed by atoms with van der Waals surface area (Å²) in [7, 11) is 0. The van der Waals surface area contributed by atoms with Crippen LogP contribution in [0.5, 0.6) is 11.6 Å². The van der Waals surface area contributed by atoms with Crippen LogP contribution in [0.1, 0.15) is 49.4 Å². The van der Waals surface area contributed by atoms with Crippen molar-refractivity contribution >= 4 is 49.5 Å². The zero-order chi connectivity index (χ0) is 27.6. The number of rotatable bonds is 6. The average molecular weight is 598 g/mol. The first-order chi connectivity index (χ1) is 19.5. The molecule has 0 unspecified atom stereocenters. The molecule has 0 saturated heterocycles. The number of nitro groups is 1. The minimum Gasteiger partial charge on any atom is -0.438 e. The van der Waals surface area contributed by atoms with Crippen molar-refractivity contribution in [3.63, 3.8) is 0 Å². The maximum atomic E-state index is 13.8. The minimum atomic E-state index is -0.511. The molecule has 0 radical (unpaired) electrons. The topological polar surface area (TPSA) is 113 Å². The Balaban J connectivity index is 1.49. The summed E-state index contributed by atoms with van der Waals surface area (Å²) >= 11 is 3.47. The molecule has 0 atom stereocenters. The molecular formula is C30H24BrN5O4. The summed E-state index contributed by atoms with van der Waals surface area (Å²) in [5.41, 5.74) is 0.938. The maximum Gasteiger partial charge on any atom is 0.287 e. The Bertz CT molecular complexity index is 1830. The predicted octanol–water partition coefficient (Wildman–Crippen LogP) is 7.34. The van der Waals surface area contributed by atoms with Crippen molar-refractivity contribution in [2.45, 2.75) is 38.0 Å². The highest BCUT2D eigenvalue weighted by Gasteiger charge is 2.23. The van der Waals surface area contributed by atoms with Gasteiger partial charge in [0.15, 0.2) is 0 Å². The van der Waals surface area contributed by atoms with Gasteiger partial charge < -0.3 is 4.74 Å². The fourth-order valence-electron chi connectivity index (χ4n) is 5.17. The Morgan fingerprint density at radius 1 is 1.02 bits per heavy atom. The summed E-state index contributed by atoms with van der Waals surface area (Å²) in [6.07, 6.45) is 8.05. The highest BCUT2D eigenvalue weighted by Crippen LogP contribution is 2.33. The van der Waals surface area contributed by atoms with Gasteiger partial charge in [0.05, 0.1) is 22.0 Å². The second-order valence-electron chi connectivity index (χ2n) is 9.74. The molecule has 0 spiro atoms. The molecule has 200 valence electrons. The molecule has 2 heterocycles. The van der Waals surface area contributed by atoms with E-state index in [2.05, 4.69) is 20.9 Å². The predicted molar refractivity (Wildman–Crippen MR) is 157 cm³/mol. The van der Waals surface area contributed by atoms with E-state index in [4.69, 9.17) is 14.8 Å². The van der Waals surface area contributed by atoms with Crippen LogP contribution >= 0.6 is 15.9 Å². The van der Waals surface area contributed by atoms with Crippen molar-refractivity contribution in [1.29, 1.82) is 0 Å². The van der Waals surface area contributed by atoms with E-state index in [-0.39, 0.29) is 23.0 Å². The third-order valence-corrected chi connectivity index (χ3v) is 7.68. The van der Waals surface area contributed by atoms with Crippen molar-refractivity contribution in [1.82, 2.24) is 14.6 Å². The van der Waals surface area contributed by atoms with Crippen molar-refractivity contribution in [3.8, 4) is 11.6 Å². The van der Waals surface area contributed by atoms with Crippen LogP contribution in [0.4, 0.5) is 5.69 Å². The molecular weight excluding hydrogens is 574 g/mol. The first-order valence-electron chi connectivity index (χ1n) is 13.0. The smallest absolute Gasteiger partial charge is 0.287 e. The lowest BCUT2D eigenvalue weighted by Gasteiger charge is -2.22. The van der Waals surface area contributed by atoms with Gasteiger partial charge in [0.2, 0.25) is 5.88 Å². The van der Waals surface area contributed by atoms with Gasteiger partial charge in [-0.1, -0.05) is 65.5 Å². The SMILES string of the molecule is O=c1c2cc(Br)ccc2nc(C2CCCCC2)n1N=Cc1c(Oc2ccc([N+](=O)[O-])cn2)ccc2ccccc12. The number of hydrogen-bond donors (Lipinski definition) is 0. The van der Waals surface area contributed by atoms with E-state index in [1.165, 1.54) is 23.2 Å². The maximum absolute atomic E-state index is 13.8. The second-order valence-corrected chi connectivity index (χ2v) is 10.7. The van der Waals surface area contributed by atoms with Gasteiger partial charge in [-0.2, -0.15) is 9.78 Å². The lowest BCUT2D eigenvalue weighted by molar-refractivity contribution is -0.385. The Hall–Kier alpha value is -4.44. The van der Waals surface area contributed by atoms with Gasteiger partial charge >= 0.3 is 0 Å². The van der Waals surface area contributed by atoms with Gasteiger partial charge in [0, 0.05) is 28.1 Å². The molecule has 1 aliphatic rings. The zero-order valence-electron chi connectivity index (χ0n) is 21.4. The van der Waals surface area contributed by atoms with E-state index in [1.807, 2.05) is 42.5 Å². The normalized spacial score (nSPS) is 14.2. The van der Waals surface area contributed by atoms with Crippen molar-refractivity contribution < 1.29 is 9.66 Å². The molecule has 3 aromatic carbocycles. The van der Waals surface area contributed by atoms with E-state index in [0.29, 0.717) is 28.0 Å². The molecule has 10 heteroatoms. The Morgan fingerprint density at radius 3 is 2.62 bits per heavy atom. The van der Waals surface area contributed by atoms with Crippen LogP contribution in [0.3, 0.4) is 0 Å². The van der Waals surface area contributed by atoms with Gasteiger partial charge in [-0.15, -0.1) is 0 Å². The van der Waals surface area contributed by atoms with Crippen LogP contribution in [-0.4, -0.2) is 25.8 Å². The Kier molecular flexibility index (Phi) is 7.08. The standard InChI is InChI=1S/C30H24BrN5O4/c31-21-11-13-26-24(16-21)30(37)35(29(34-26)20-7-2-1-3-8-20)33-18-25-23-9-5-4-6-19(23)10-14-27(25)40-28-15-12-22(17-32-28)36(38)39/h4-6,9-18,20H,1-3,7-8H2. The first-order valence-corrected chi connectivity index (χ1v) is 13.8. The number of fused-ring (bicyclic) bond motifs is 2. The lowest BCUT2D eigenvalue weighted by atomic mass is 9.88. The molecule has 0 N–H and O–H groups in total. The summed E-state index contributed by atoms with van der Waals surface area (Å²) in [4.78, 5) is 33.3. The number of pyridine rings is 1. The molecule has 1 fully saturated rings. The number of halogens is 1. The van der Waals surface area contributed by atoms with Gasteiger partial charge in [0.25, 0.3) is 11.2 Å². The molecule has 9 nitrogen and oxygen atoms in total. The number of benzene rings is 3. The minimum absolute atomic E-state index is 0.127. The van der Waals surface area contributed by atoms with Crippen molar-refractivity contribution in [3.05, 3.63) is 109 Å². The van der Waals surface area contributed by atoms with Crippen LogP contribution in [-0.2, 0) is 0 Å². The summed E-state index contributed by atoms with van der Waals surface area (Å²) in [5.74, 6) is 1.45. The van der Waals surface area contributed by atoms with E-state index >= 15 is 0 Å². The van der Waals surface area contributed by atoms with Crippen LogP contribution in [0.2, 0.25) is 0 Å². The van der Waals surface area contributed by atoms with Crippen LogP contribution in [0.25, 0.3) is 21.7 Å². The largest absolute Gasteiger partial charge is 0.438 e. The number of nitrogens with zero attached hydrogens (tertiary/aromatic N) is 5. The summed E-state index contributed by atoms with van der Waals surface area (Å²) in [6.45, 7) is 0. The van der Waals surface area contributed by atoms with E-state index in [9.17, 15) is 14.9 Å². The van der Waals surface area contributed by atoms with Crippen LogP contribution in [0.15, 0.2) is 87.3 Å². The van der Waals surface area contributed by atoms with Gasteiger partial charge in [-0.25, -0.2) is 9.97 Å². The quantitative estimate of drug-likeness (QED) is 0.115. The third-order valence-electron chi connectivity index (χ3n) is 7.18. The lowest BCUT2D eigenvalue weighted by Crippen LogP contribution is -2.25. The molecule has 6 rings (SSSR count). The summed E-state index contributed by atoms with van der Waals surface area (Å²) in [6, 6.07) is 19.8. The van der Waals surface area contributed by atoms with Crippen LogP contribution < -0.4 is 10.3 Å². The van der Waals surface area contributed by atoms with Crippen molar-refractivity contribution in [2.75, 3.05) is 0 Å². The fraction of sp³-hybridized carbons (Fsp3) is 0.200. The third kappa shape index (κ3) is 5.10. The Labute approximate surface area is 237 Å². The fourth-order valence-corrected chi connectivity index (χ4v) is 5.53. The zero-order valence-corrected chi connectivity index (χ0v) is 23.0. The van der Waals surface area contributed by atoms with E-state index < -0.39 is 4.92 Å². The highest BCUT2D eigenvalue weighted by atomic mass is 79.9. The number of ether oxygens (including phenoxy) is 1. The van der Waals surface area contributed by atoms with Gasteiger partial charge in [-0.05, 0) is 47.9 Å². The van der Waals surface area contributed by atoms with Crippen molar-refractivity contribution in [2.24, 2.45) is 5.10 Å². The van der Waals surface area contributed by atoms with Crippen LogP contribution in [0, 0.1) is 10.1 Å². The summed E-state index contributed by atoms with van der Waals surface area (Å²) in [5, 5.41) is 18.1. The second kappa shape index (κ2) is 11.0. The Morgan fingerprint density at radius 2 is 1.85 bits per heavy atom. The molecule has 0 aliphatic heterocycles. The monoisotopic (exact) mass is 597 g/mol. The molecule has 5 aromatic rings. The summed E-state index contributed by atoms with van der Waals surface area (Å²) < 4.78 is 8.29. The molecule has 2 aromatic heterocycles. The highest BCUT2D eigenvalue weighted by molar-refractivity contribution is 9.10. The number of aromatic nitrogens is 3. The molecule has 40 heavy (non-hydrogen) atoms. The molecule has 1 aliphatic carbocycles. The number of hydrogen-bond acceptors (Lipinski definition) is 7. The van der Waals surface area contributed by atoms with Gasteiger partial charge in [0.1, 0.15) is 17.8 Å². The molecule has 1 saturated carbocycles. The van der Waals surface area contributed by atoms with E-state index in [1.54, 1.807) is 18.3 Å². The molecule has 0 bridgehead atoms. The van der Waals surface area contributed by atoms with E-state index in [0.717, 1.165) is 47.1 Å².